The molecule has 0 bridgehead atoms. The van der Waals surface area contributed by atoms with Crippen LogP contribution in [-0.4, -0.2) is 23.5 Å². The number of anilines is 1. The first-order valence-electron chi connectivity index (χ1n) is 8.11. The molecule has 1 aliphatic heterocycles. The van der Waals surface area contributed by atoms with Crippen LogP contribution in [0.2, 0.25) is 0 Å². The molecule has 1 aromatic rings. The first kappa shape index (κ1) is 15.9. The van der Waals surface area contributed by atoms with Gasteiger partial charge in [0, 0.05) is 12.5 Å². The fourth-order valence-electron chi connectivity index (χ4n) is 3.52. The number of aliphatic carboxylic acids is 1. The number of fused-ring (bicyclic) bond motifs is 1. The van der Waals surface area contributed by atoms with Crippen LogP contribution < -0.4 is 10.6 Å². The second-order valence-corrected chi connectivity index (χ2v) is 6.38. The molecule has 0 spiro atoms. The van der Waals surface area contributed by atoms with E-state index in [1.807, 2.05) is 6.07 Å². The molecule has 0 unspecified atom stereocenters. The number of rotatable bonds is 3. The molecule has 1 aliphatic carbocycles. The van der Waals surface area contributed by atoms with Gasteiger partial charge in [0.15, 0.2) is 0 Å². The maximum atomic E-state index is 14.6. The van der Waals surface area contributed by atoms with E-state index in [-0.39, 0.29) is 23.3 Å². The lowest BCUT2D eigenvalue weighted by Gasteiger charge is -2.26. The van der Waals surface area contributed by atoms with E-state index in [4.69, 9.17) is 5.11 Å². The summed E-state index contributed by atoms with van der Waals surface area (Å²) < 4.78 is 14.6. The second-order valence-electron chi connectivity index (χ2n) is 6.38. The second kappa shape index (κ2) is 6.66. The zero-order chi connectivity index (χ0) is 16.4. The zero-order valence-corrected chi connectivity index (χ0v) is 12.9. The van der Waals surface area contributed by atoms with Crippen LogP contribution in [-0.2, 0) is 22.6 Å². The lowest BCUT2D eigenvalue weighted by atomic mass is 9.81. The zero-order valence-electron chi connectivity index (χ0n) is 12.9. The molecule has 23 heavy (non-hydrogen) atoms. The SMILES string of the molecule is O=C(O)[C@@H]1CCC[C@H](C(=O)Nc2ccc3c(c2F)CCNC3)C1. The Bertz CT molecular complexity index is 633. The monoisotopic (exact) mass is 320 g/mol. The highest BCUT2D eigenvalue weighted by Crippen LogP contribution is 2.31. The molecule has 1 heterocycles. The van der Waals surface area contributed by atoms with Gasteiger partial charge in [-0.3, -0.25) is 9.59 Å². The minimum absolute atomic E-state index is 0.202. The van der Waals surface area contributed by atoms with E-state index in [9.17, 15) is 14.0 Å². The number of carbonyl (C=O) groups excluding carboxylic acids is 1. The molecule has 1 saturated carbocycles. The van der Waals surface area contributed by atoms with Gasteiger partial charge in [-0.05, 0) is 49.4 Å². The van der Waals surface area contributed by atoms with E-state index in [2.05, 4.69) is 10.6 Å². The number of amides is 1. The molecule has 2 aliphatic rings. The van der Waals surface area contributed by atoms with E-state index in [0.717, 1.165) is 12.1 Å². The van der Waals surface area contributed by atoms with Crippen molar-refractivity contribution in [2.75, 3.05) is 11.9 Å². The quantitative estimate of drug-likeness (QED) is 0.798. The fraction of sp³-hybridized carbons (Fsp3) is 0.529. The van der Waals surface area contributed by atoms with Crippen LogP contribution in [0.3, 0.4) is 0 Å². The van der Waals surface area contributed by atoms with E-state index in [0.29, 0.717) is 44.2 Å². The van der Waals surface area contributed by atoms with Crippen molar-refractivity contribution < 1.29 is 19.1 Å². The third kappa shape index (κ3) is 3.37. The summed E-state index contributed by atoms with van der Waals surface area (Å²) in [5, 5.41) is 15.0. The van der Waals surface area contributed by atoms with Gasteiger partial charge in [0.05, 0.1) is 11.6 Å². The third-order valence-corrected chi connectivity index (χ3v) is 4.86. The van der Waals surface area contributed by atoms with Crippen LogP contribution in [0.1, 0.15) is 36.8 Å². The van der Waals surface area contributed by atoms with Crippen LogP contribution in [0, 0.1) is 17.7 Å². The van der Waals surface area contributed by atoms with Crippen molar-refractivity contribution in [3.05, 3.63) is 29.1 Å². The summed E-state index contributed by atoms with van der Waals surface area (Å²) in [7, 11) is 0. The summed E-state index contributed by atoms with van der Waals surface area (Å²) in [4.78, 5) is 23.5. The summed E-state index contributed by atoms with van der Waals surface area (Å²) in [6.07, 6.45) is 2.92. The van der Waals surface area contributed by atoms with Gasteiger partial charge in [0.1, 0.15) is 5.82 Å². The van der Waals surface area contributed by atoms with Crippen LogP contribution in [0.25, 0.3) is 0 Å². The van der Waals surface area contributed by atoms with Crippen molar-refractivity contribution in [1.82, 2.24) is 5.32 Å². The third-order valence-electron chi connectivity index (χ3n) is 4.86. The number of halogens is 1. The largest absolute Gasteiger partial charge is 0.481 e. The summed E-state index contributed by atoms with van der Waals surface area (Å²) in [5.41, 5.74) is 1.79. The predicted octanol–water partition coefficient (Wildman–Crippen LogP) is 2.30. The number of hydrogen-bond donors (Lipinski definition) is 3. The Morgan fingerprint density at radius 2 is 2.04 bits per heavy atom. The highest BCUT2D eigenvalue weighted by molar-refractivity contribution is 5.93. The Hall–Kier alpha value is -1.95. The molecular weight excluding hydrogens is 299 g/mol. The fourth-order valence-corrected chi connectivity index (χ4v) is 3.52. The molecule has 1 fully saturated rings. The molecule has 5 nitrogen and oxygen atoms in total. The molecule has 2 atom stereocenters. The van der Waals surface area contributed by atoms with Crippen LogP contribution in [0.4, 0.5) is 10.1 Å². The van der Waals surface area contributed by atoms with Gasteiger partial charge in [-0.25, -0.2) is 4.39 Å². The summed E-state index contributed by atoms with van der Waals surface area (Å²) in [5.74, 6) is -2.32. The lowest BCUT2D eigenvalue weighted by molar-refractivity contribution is -0.143. The summed E-state index contributed by atoms with van der Waals surface area (Å²) >= 11 is 0. The van der Waals surface area contributed by atoms with E-state index >= 15 is 0 Å². The molecule has 0 radical (unpaired) electrons. The smallest absolute Gasteiger partial charge is 0.306 e. The van der Waals surface area contributed by atoms with Crippen LogP contribution in [0.15, 0.2) is 12.1 Å². The number of benzene rings is 1. The Kier molecular flexibility index (Phi) is 4.61. The molecule has 6 heteroatoms. The van der Waals surface area contributed by atoms with Gasteiger partial charge in [-0.2, -0.15) is 0 Å². The Labute approximate surface area is 134 Å². The van der Waals surface area contributed by atoms with Crippen molar-refractivity contribution in [2.24, 2.45) is 11.8 Å². The molecule has 124 valence electrons. The topological polar surface area (TPSA) is 78.4 Å². The molecule has 1 amide bonds. The first-order chi connectivity index (χ1) is 11.1. The minimum atomic E-state index is -0.852. The van der Waals surface area contributed by atoms with Gasteiger partial charge in [0.25, 0.3) is 0 Å². The number of hydrogen-bond acceptors (Lipinski definition) is 3. The highest BCUT2D eigenvalue weighted by Gasteiger charge is 2.31. The van der Waals surface area contributed by atoms with E-state index in [1.54, 1.807) is 6.07 Å². The Morgan fingerprint density at radius 1 is 1.26 bits per heavy atom. The van der Waals surface area contributed by atoms with Crippen molar-refractivity contribution >= 4 is 17.6 Å². The van der Waals surface area contributed by atoms with E-state index in [1.165, 1.54) is 0 Å². The summed E-state index contributed by atoms with van der Waals surface area (Å²) in [6.45, 7) is 1.37. The normalized spacial score (nSPS) is 23.9. The van der Waals surface area contributed by atoms with Gasteiger partial charge in [0.2, 0.25) is 5.91 Å². The maximum absolute atomic E-state index is 14.6. The number of carboxylic acid groups (broad SMARTS) is 1. The minimum Gasteiger partial charge on any atom is -0.481 e. The van der Waals surface area contributed by atoms with Crippen molar-refractivity contribution in [2.45, 2.75) is 38.6 Å². The van der Waals surface area contributed by atoms with Crippen molar-refractivity contribution in [3.8, 4) is 0 Å². The molecule has 0 saturated heterocycles. The Morgan fingerprint density at radius 3 is 2.83 bits per heavy atom. The number of carboxylic acids is 1. The van der Waals surface area contributed by atoms with Crippen LogP contribution in [0.5, 0.6) is 0 Å². The van der Waals surface area contributed by atoms with Crippen LogP contribution >= 0.6 is 0 Å². The molecule has 0 aromatic heterocycles. The summed E-state index contributed by atoms with van der Waals surface area (Å²) in [6, 6.07) is 3.43. The average molecular weight is 320 g/mol. The van der Waals surface area contributed by atoms with Gasteiger partial charge >= 0.3 is 5.97 Å². The number of carbonyl (C=O) groups is 2. The molecular formula is C17H21FN2O3. The van der Waals surface area contributed by atoms with E-state index < -0.39 is 11.9 Å². The Balaban J connectivity index is 1.71. The standard InChI is InChI=1S/C17H21FN2O3/c18-15-13-6-7-19-9-12(13)4-5-14(15)20-16(21)10-2-1-3-11(8-10)17(22)23/h4-5,10-11,19H,1-3,6-9H2,(H,20,21)(H,22,23)/t10-,11+/m0/s1. The maximum Gasteiger partial charge on any atom is 0.306 e. The van der Waals surface area contributed by atoms with Gasteiger partial charge in [-0.15, -0.1) is 0 Å². The van der Waals surface area contributed by atoms with Crippen molar-refractivity contribution in [1.29, 1.82) is 0 Å². The first-order valence-corrected chi connectivity index (χ1v) is 8.11. The lowest BCUT2D eigenvalue weighted by Crippen LogP contribution is -2.31. The molecule has 1 aromatic carbocycles. The average Bonchev–Trinajstić information content (AvgIpc) is 2.57. The molecule has 3 N–H and O–H groups in total. The van der Waals surface area contributed by atoms with Gasteiger partial charge in [-0.1, -0.05) is 12.5 Å². The van der Waals surface area contributed by atoms with Crippen molar-refractivity contribution in [3.63, 3.8) is 0 Å². The molecule has 3 rings (SSSR count). The van der Waals surface area contributed by atoms with Gasteiger partial charge < -0.3 is 15.7 Å². The predicted molar refractivity (Wildman–Crippen MR) is 83.5 cm³/mol. The number of nitrogens with one attached hydrogen (secondary N) is 2. The highest BCUT2D eigenvalue weighted by atomic mass is 19.1.